The SMILES string of the molecule is CCC(Sc1cccc(NC(=O)/C(=C/c2cccnc2)NC(=O)c2ccccc2)c1)C(=O)Nc1cccc(Cl)c1. The number of hydrogen-bond donors (Lipinski definition) is 3. The first-order chi connectivity index (χ1) is 19.4. The molecule has 4 rings (SSSR count). The van der Waals surface area contributed by atoms with Crippen LogP contribution < -0.4 is 16.0 Å². The van der Waals surface area contributed by atoms with Gasteiger partial charge in [0, 0.05) is 39.3 Å². The van der Waals surface area contributed by atoms with Gasteiger partial charge in [0.25, 0.3) is 11.8 Å². The van der Waals surface area contributed by atoms with E-state index < -0.39 is 11.8 Å². The summed E-state index contributed by atoms with van der Waals surface area (Å²) in [7, 11) is 0. The van der Waals surface area contributed by atoms with Gasteiger partial charge in [0.2, 0.25) is 5.91 Å². The zero-order valence-electron chi connectivity index (χ0n) is 21.6. The Bertz CT molecular complexity index is 1510. The summed E-state index contributed by atoms with van der Waals surface area (Å²) in [6.45, 7) is 1.94. The number of anilines is 2. The number of halogens is 1. The van der Waals surface area contributed by atoms with Gasteiger partial charge in [0.1, 0.15) is 5.70 Å². The van der Waals surface area contributed by atoms with Crippen LogP contribution in [-0.4, -0.2) is 28.0 Å². The molecule has 0 spiro atoms. The maximum atomic E-state index is 13.3. The minimum absolute atomic E-state index is 0.0623. The first kappa shape index (κ1) is 28.6. The molecule has 0 aliphatic rings. The van der Waals surface area contributed by atoms with E-state index in [2.05, 4.69) is 20.9 Å². The smallest absolute Gasteiger partial charge is 0.272 e. The van der Waals surface area contributed by atoms with Gasteiger partial charge in [0.05, 0.1) is 5.25 Å². The minimum atomic E-state index is -0.499. The van der Waals surface area contributed by atoms with Crippen LogP contribution in [-0.2, 0) is 9.59 Å². The van der Waals surface area contributed by atoms with Crippen molar-refractivity contribution in [2.75, 3.05) is 10.6 Å². The van der Waals surface area contributed by atoms with E-state index in [9.17, 15) is 14.4 Å². The molecule has 40 heavy (non-hydrogen) atoms. The normalized spacial score (nSPS) is 11.8. The average molecular weight is 571 g/mol. The van der Waals surface area contributed by atoms with E-state index in [4.69, 9.17) is 11.6 Å². The number of pyridine rings is 1. The standard InChI is InChI=1S/C31H27ClN4O3S/c1-2-28(31(39)35-24-13-6-12-23(32)18-24)40-26-15-7-14-25(19-26)34-30(38)27(17-21-9-8-16-33-20-21)36-29(37)22-10-4-3-5-11-22/h3-20,28H,2H2,1H3,(H,34,38)(H,35,39)(H,36,37)/b27-17-. The molecule has 3 aromatic carbocycles. The first-order valence-electron chi connectivity index (χ1n) is 12.5. The summed E-state index contributed by atoms with van der Waals surface area (Å²) in [6.07, 6.45) is 5.38. The van der Waals surface area contributed by atoms with Gasteiger partial charge in [-0.3, -0.25) is 19.4 Å². The van der Waals surface area contributed by atoms with Crippen molar-refractivity contribution < 1.29 is 14.4 Å². The molecule has 0 aliphatic heterocycles. The lowest BCUT2D eigenvalue weighted by Gasteiger charge is -2.16. The van der Waals surface area contributed by atoms with Crippen LogP contribution in [0.2, 0.25) is 5.02 Å². The lowest BCUT2D eigenvalue weighted by Crippen LogP contribution is -2.30. The summed E-state index contributed by atoms with van der Waals surface area (Å²) in [5.41, 5.74) is 2.29. The highest BCUT2D eigenvalue weighted by atomic mass is 35.5. The van der Waals surface area contributed by atoms with Crippen LogP contribution in [0.4, 0.5) is 11.4 Å². The Hall–Kier alpha value is -4.40. The van der Waals surface area contributed by atoms with E-state index in [-0.39, 0.29) is 16.9 Å². The number of nitrogens with zero attached hydrogens (tertiary/aromatic N) is 1. The average Bonchev–Trinajstić information content (AvgIpc) is 2.96. The van der Waals surface area contributed by atoms with Crippen LogP contribution >= 0.6 is 23.4 Å². The molecule has 1 atom stereocenters. The second-order valence-electron chi connectivity index (χ2n) is 8.66. The van der Waals surface area contributed by atoms with Crippen LogP contribution in [0.3, 0.4) is 0 Å². The molecular weight excluding hydrogens is 544 g/mol. The molecule has 1 heterocycles. The summed E-state index contributed by atoms with van der Waals surface area (Å²) in [6, 6.07) is 26.4. The van der Waals surface area contributed by atoms with Gasteiger partial charge in [-0.25, -0.2) is 0 Å². The Morgan fingerprint density at radius 3 is 2.35 bits per heavy atom. The molecule has 0 aliphatic carbocycles. The summed E-state index contributed by atoms with van der Waals surface area (Å²) < 4.78 is 0. The van der Waals surface area contributed by atoms with E-state index in [0.29, 0.717) is 33.9 Å². The maximum absolute atomic E-state index is 13.3. The highest BCUT2D eigenvalue weighted by Crippen LogP contribution is 2.29. The zero-order chi connectivity index (χ0) is 28.3. The summed E-state index contributed by atoms with van der Waals surface area (Å²) in [5.74, 6) is -1.05. The third-order valence-corrected chi connectivity index (χ3v) is 7.24. The molecule has 0 fully saturated rings. The molecule has 1 unspecified atom stereocenters. The molecule has 9 heteroatoms. The number of carbonyl (C=O) groups is 3. The quantitative estimate of drug-likeness (QED) is 0.146. The molecule has 0 bridgehead atoms. The number of amides is 3. The topological polar surface area (TPSA) is 100 Å². The number of benzene rings is 3. The number of carbonyl (C=O) groups excluding carboxylic acids is 3. The van der Waals surface area contributed by atoms with Gasteiger partial charge in [-0.1, -0.05) is 54.9 Å². The van der Waals surface area contributed by atoms with Crippen molar-refractivity contribution in [3.05, 3.63) is 125 Å². The zero-order valence-corrected chi connectivity index (χ0v) is 23.2. The molecular formula is C31H27ClN4O3S. The molecule has 0 saturated heterocycles. The summed E-state index contributed by atoms with van der Waals surface area (Å²) >= 11 is 7.43. The lowest BCUT2D eigenvalue weighted by molar-refractivity contribution is -0.116. The van der Waals surface area contributed by atoms with Gasteiger partial charge < -0.3 is 16.0 Å². The van der Waals surface area contributed by atoms with Crippen molar-refractivity contribution in [1.82, 2.24) is 10.3 Å². The van der Waals surface area contributed by atoms with E-state index >= 15 is 0 Å². The van der Waals surface area contributed by atoms with Gasteiger partial charge in [-0.2, -0.15) is 0 Å². The highest BCUT2D eigenvalue weighted by Gasteiger charge is 2.19. The van der Waals surface area contributed by atoms with Crippen molar-refractivity contribution in [2.45, 2.75) is 23.5 Å². The first-order valence-corrected chi connectivity index (χ1v) is 13.8. The molecule has 7 nitrogen and oxygen atoms in total. The van der Waals surface area contributed by atoms with E-state index in [1.807, 2.05) is 19.1 Å². The van der Waals surface area contributed by atoms with Gasteiger partial charge in [-0.15, -0.1) is 11.8 Å². The van der Waals surface area contributed by atoms with Gasteiger partial charge in [-0.05, 0) is 72.7 Å². The van der Waals surface area contributed by atoms with Crippen molar-refractivity contribution in [3.8, 4) is 0 Å². The third kappa shape index (κ3) is 8.30. The fourth-order valence-corrected chi connectivity index (χ4v) is 4.90. The molecule has 3 N–H and O–H groups in total. The second-order valence-corrected chi connectivity index (χ2v) is 10.4. The predicted molar refractivity (Wildman–Crippen MR) is 161 cm³/mol. The maximum Gasteiger partial charge on any atom is 0.272 e. The molecule has 202 valence electrons. The number of nitrogens with one attached hydrogen (secondary N) is 3. The van der Waals surface area contributed by atoms with Gasteiger partial charge >= 0.3 is 0 Å². The predicted octanol–water partition coefficient (Wildman–Crippen LogP) is 6.65. The largest absolute Gasteiger partial charge is 0.325 e. The fourth-order valence-electron chi connectivity index (χ4n) is 3.69. The van der Waals surface area contributed by atoms with Crippen molar-refractivity contribution in [3.63, 3.8) is 0 Å². The number of aromatic nitrogens is 1. The van der Waals surface area contributed by atoms with E-state index in [1.165, 1.54) is 11.8 Å². The number of rotatable bonds is 10. The number of hydrogen-bond acceptors (Lipinski definition) is 5. The molecule has 4 aromatic rings. The summed E-state index contributed by atoms with van der Waals surface area (Å²) in [5, 5.41) is 8.65. The van der Waals surface area contributed by atoms with Gasteiger partial charge in [0.15, 0.2) is 0 Å². The second kappa shape index (κ2) is 14.1. The Kier molecular flexibility index (Phi) is 10.1. The highest BCUT2D eigenvalue weighted by molar-refractivity contribution is 8.00. The van der Waals surface area contributed by atoms with Crippen molar-refractivity contribution >= 4 is 58.5 Å². The number of thioether (sulfide) groups is 1. The van der Waals surface area contributed by atoms with Crippen LogP contribution in [0.5, 0.6) is 0 Å². The Morgan fingerprint density at radius 2 is 1.65 bits per heavy atom. The van der Waals surface area contributed by atoms with Crippen LogP contribution in [0.15, 0.2) is 114 Å². The molecule has 1 aromatic heterocycles. The van der Waals surface area contributed by atoms with E-state index in [0.717, 1.165) is 4.90 Å². The van der Waals surface area contributed by atoms with Crippen LogP contribution in [0, 0.1) is 0 Å². The minimum Gasteiger partial charge on any atom is -0.325 e. The van der Waals surface area contributed by atoms with Crippen molar-refractivity contribution in [2.24, 2.45) is 0 Å². The summed E-state index contributed by atoms with van der Waals surface area (Å²) in [4.78, 5) is 43.9. The Balaban J connectivity index is 1.48. The molecule has 0 radical (unpaired) electrons. The van der Waals surface area contributed by atoms with E-state index in [1.54, 1.807) is 97.3 Å². The van der Waals surface area contributed by atoms with Crippen LogP contribution in [0.1, 0.15) is 29.3 Å². The molecule has 0 saturated carbocycles. The monoisotopic (exact) mass is 570 g/mol. The van der Waals surface area contributed by atoms with Crippen molar-refractivity contribution in [1.29, 1.82) is 0 Å². The molecule has 3 amide bonds. The lowest BCUT2D eigenvalue weighted by atomic mass is 10.2. The fraction of sp³-hybridized carbons (Fsp3) is 0.0968. The Morgan fingerprint density at radius 1 is 0.900 bits per heavy atom. The third-order valence-electron chi connectivity index (χ3n) is 5.65. The Labute approximate surface area is 242 Å². The van der Waals surface area contributed by atoms with Crippen LogP contribution in [0.25, 0.3) is 6.08 Å².